The zero-order chi connectivity index (χ0) is 11.4. The van der Waals surface area contributed by atoms with E-state index in [1.54, 1.807) is 12.4 Å². The molecule has 0 aliphatic rings. The smallest absolute Gasteiger partial charge is 0.228 e. The molecule has 0 amide bonds. The van der Waals surface area contributed by atoms with Crippen LogP contribution in [-0.4, -0.2) is 15.1 Å². The van der Waals surface area contributed by atoms with Crippen LogP contribution in [0.4, 0.5) is 0 Å². The maximum absolute atomic E-state index is 8.67. The Hall–Kier alpha value is -2.22. The molecule has 16 heavy (non-hydrogen) atoms. The maximum atomic E-state index is 8.67. The molecule has 0 saturated carbocycles. The van der Waals surface area contributed by atoms with E-state index >= 15 is 0 Å². The first-order valence-corrected chi connectivity index (χ1v) is 4.92. The maximum Gasteiger partial charge on any atom is 0.228 e. The summed E-state index contributed by atoms with van der Waals surface area (Å²) in [4.78, 5) is 8.17. The molecule has 0 N–H and O–H groups in total. The second-order valence-corrected chi connectivity index (χ2v) is 3.49. The molecule has 0 fully saturated rings. The Morgan fingerprint density at radius 1 is 1.56 bits per heavy atom. The van der Waals surface area contributed by atoms with Crippen molar-refractivity contribution in [2.24, 2.45) is 5.92 Å². The molecule has 0 spiro atoms. The van der Waals surface area contributed by atoms with E-state index in [4.69, 9.17) is 9.78 Å². The van der Waals surface area contributed by atoms with Crippen molar-refractivity contribution in [1.29, 1.82) is 5.26 Å². The van der Waals surface area contributed by atoms with Crippen LogP contribution in [0.15, 0.2) is 29.0 Å². The molecule has 0 radical (unpaired) electrons. The number of nitriles is 1. The summed E-state index contributed by atoms with van der Waals surface area (Å²) in [7, 11) is 0. The molecular weight excluding hydrogens is 204 g/mol. The van der Waals surface area contributed by atoms with Crippen LogP contribution >= 0.6 is 0 Å². The lowest BCUT2D eigenvalue weighted by atomic mass is 10.1. The molecule has 0 saturated heterocycles. The van der Waals surface area contributed by atoms with Crippen LogP contribution < -0.4 is 0 Å². The second kappa shape index (κ2) is 4.53. The number of aromatic nitrogens is 3. The van der Waals surface area contributed by atoms with E-state index in [-0.39, 0.29) is 5.92 Å². The Bertz CT molecular complexity index is 500. The Morgan fingerprint density at radius 3 is 3.12 bits per heavy atom. The lowest BCUT2D eigenvalue weighted by Crippen LogP contribution is -1.96. The quantitative estimate of drug-likeness (QED) is 0.779. The molecule has 1 atom stereocenters. The molecule has 5 nitrogen and oxygen atoms in total. The summed E-state index contributed by atoms with van der Waals surface area (Å²) in [6.45, 7) is 1.81. The molecule has 0 aliphatic carbocycles. The van der Waals surface area contributed by atoms with Gasteiger partial charge in [-0.3, -0.25) is 4.98 Å². The summed E-state index contributed by atoms with van der Waals surface area (Å²) < 4.78 is 5.05. The van der Waals surface area contributed by atoms with E-state index in [2.05, 4.69) is 21.2 Å². The first-order valence-electron chi connectivity index (χ1n) is 4.92. The highest BCUT2D eigenvalue weighted by Gasteiger charge is 2.11. The normalized spacial score (nSPS) is 12.0. The topological polar surface area (TPSA) is 75.6 Å². The summed E-state index contributed by atoms with van der Waals surface area (Å²) in [5, 5.41) is 12.5. The van der Waals surface area contributed by atoms with Gasteiger partial charge in [-0.25, -0.2) is 0 Å². The van der Waals surface area contributed by atoms with E-state index in [1.807, 2.05) is 19.1 Å². The van der Waals surface area contributed by atoms with Crippen molar-refractivity contribution in [1.82, 2.24) is 15.1 Å². The monoisotopic (exact) mass is 214 g/mol. The van der Waals surface area contributed by atoms with E-state index in [9.17, 15) is 0 Å². The standard InChI is InChI=1S/C11H10N4O/c1-8(6-12)5-10-14-11(15-16-10)9-3-2-4-13-7-9/h2-4,7-8H,5H2,1H3. The van der Waals surface area contributed by atoms with Crippen LogP contribution in [-0.2, 0) is 6.42 Å². The van der Waals surface area contributed by atoms with Gasteiger partial charge in [0, 0.05) is 24.4 Å². The third-order valence-electron chi connectivity index (χ3n) is 2.09. The van der Waals surface area contributed by atoms with E-state index in [1.165, 1.54) is 0 Å². The van der Waals surface area contributed by atoms with Crippen LogP contribution in [0.1, 0.15) is 12.8 Å². The first-order chi connectivity index (χ1) is 7.79. The predicted octanol–water partition coefficient (Wildman–Crippen LogP) is 1.83. The van der Waals surface area contributed by atoms with Gasteiger partial charge in [-0.05, 0) is 19.1 Å². The van der Waals surface area contributed by atoms with E-state index in [0.29, 0.717) is 18.1 Å². The number of pyridine rings is 1. The largest absolute Gasteiger partial charge is 0.339 e. The van der Waals surface area contributed by atoms with Crippen LogP contribution in [0.2, 0.25) is 0 Å². The minimum Gasteiger partial charge on any atom is -0.339 e. The summed E-state index contributed by atoms with van der Waals surface area (Å²) >= 11 is 0. The van der Waals surface area contributed by atoms with Crippen molar-refractivity contribution in [3.8, 4) is 17.5 Å². The number of hydrogen-bond donors (Lipinski definition) is 0. The molecule has 0 bridgehead atoms. The van der Waals surface area contributed by atoms with Crippen LogP contribution in [0.5, 0.6) is 0 Å². The van der Waals surface area contributed by atoms with Gasteiger partial charge in [0.1, 0.15) is 0 Å². The highest BCUT2D eigenvalue weighted by Crippen LogP contribution is 2.15. The molecule has 2 aromatic rings. The Morgan fingerprint density at radius 2 is 2.44 bits per heavy atom. The van der Waals surface area contributed by atoms with Crippen molar-refractivity contribution in [2.75, 3.05) is 0 Å². The SMILES string of the molecule is CC(C#N)Cc1nc(-c2cccnc2)no1. The van der Waals surface area contributed by atoms with Crippen molar-refractivity contribution >= 4 is 0 Å². The number of rotatable bonds is 3. The fourth-order valence-corrected chi connectivity index (χ4v) is 1.26. The molecule has 1 unspecified atom stereocenters. The Kier molecular flexibility index (Phi) is 2.92. The summed E-state index contributed by atoms with van der Waals surface area (Å²) in [6, 6.07) is 5.79. The van der Waals surface area contributed by atoms with E-state index < -0.39 is 0 Å². The molecule has 2 aromatic heterocycles. The average Bonchev–Trinajstić information content (AvgIpc) is 2.78. The lowest BCUT2D eigenvalue weighted by molar-refractivity contribution is 0.369. The Labute approximate surface area is 92.7 Å². The van der Waals surface area contributed by atoms with Gasteiger partial charge in [0.25, 0.3) is 0 Å². The molecule has 0 aromatic carbocycles. The second-order valence-electron chi connectivity index (χ2n) is 3.49. The van der Waals surface area contributed by atoms with Crippen LogP contribution in [0.25, 0.3) is 11.4 Å². The van der Waals surface area contributed by atoms with Crippen molar-refractivity contribution in [2.45, 2.75) is 13.3 Å². The van der Waals surface area contributed by atoms with Gasteiger partial charge in [0.2, 0.25) is 11.7 Å². The molecule has 2 rings (SSSR count). The summed E-state index contributed by atoms with van der Waals surface area (Å²) in [6.07, 6.45) is 3.83. The third kappa shape index (κ3) is 2.23. The van der Waals surface area contributed by atoms with Gasteiger partial charge >= 0.3 is 0 Å². The molecule has 5 heteroatoms. The van der Waals surface area contributed by atoms with Gasteiger partial charge < -0.3 is 4.52 Å². The fraction of sp³-hybridized carbons (Fsp3) is 0.273. The van der Waals surface area contributed by atoms with Gasteiger partial charge in [-0.1, -0.05) is 5.16 Å². The zero-order valence-electron chi connectivity index (χ0n) is 8.79. The van der Waals surface area contributed by atoms with Gasteiger partial charge in [0.05, 0.1) is 12.0 Å². The minimum atomic E-state index is -0.123. The zero-order valence-corrected chi connectivity index (χ0v) is 8.79. The number of nitrogens with zero attached hydrogens (tertiary/aromatic N) is 4. The van der Waals surface area contributed by atoms with Crippen molar-refractivity contribution < 1.29 is 4.52 Å². The highest BCUT2D eigenvalue weighted by atomic mass is 16.5. The molecular formula is C11H10N4O. The molecule has 2 heterocycles. The van der Waals surface area contributed by atoms with Crippen molar-refractivity contribution in [3.05, 3.63) is 30.4 Å². The van der Waals surface area contributed by atoms with E-state index in [0.717, 1.165) is 5.56 Å². The average molecular weight is 214 g/mol. The highest BCUT2D eigenvalue weighted by molar-refractivity contribution is 5.51. The van der Waals surface area contributed by atoms with Gasteiger partial charge in [-0.15, -0.1) is 0 Å². The summed E-state index contributed by atoms with van der Waals surface area (Å²) in [5.74, 6) is 0.864. The molecule has 80 valence electrons. The summed E-state index contributed by atoms with van der Waals surface area (Å²) in [5.41, 5.74) is 0.808. The number of hydrogen-bond acceptors (Lipinski definition) is 5. The molecule has 0 aliphatic heterocycles. The van der Waals surface area contributed by atoms with Crippen LogP contribution in [0.3, 0.4) is 0 Å². The Balaban J connectivity index is 2.18. The van der Waals surface area contributed by atoms with Gasteiger partial charge in [-0.2, -0.15) is 10.2 Å². The third-order valence-corrected chi connectivity index (χ3v) is 2.09. The lowest BCUT2D eigenvalue weighted by Gasteiger charge is -1.93. The minimum absolute atomic E-state index is 0.123. The van der Waals surface area contributed by atoms with Gasteiger partial charge in [0.15, 0.2) is 0 Å². The first kappa shape index (κ1) is 10.3. The van der Waals surface area contributed by atoms with Crippen LogP contribution in [0, 0.1) is 17.2 Å². The predicted molar refractivity (Wildman–Crippen MR) is 56.0 cm³/mol. The van der Waals surface area contributed by atoms with Crippen molar-refractivity contribution in [3.63, 3.8) is 0 Å². The fourth-order valence-electron chi connectivity index (χ4n) is 1.26.